The summed E-state index contributed by atoms with van der Waals surface area (Å²) in [7, 11) is 0. The summed E-state index contributed by atoms with van der Waals surface area (Å²) in [6.45, 7) is 0. The van der Waals surface area contributed by atoms with Crippen LogP contribution in [0.15, 0.2) is 30.2 Å². The van der Waals surface area contributed by atoms with Gasteiger partial charge in [-0.05, 0) is 48.8 Å². The van der Waals surface area contributed by atoms with Crippen LogP contribution in [0.1, 0.15) is 18.4 Å². The first-order valence-electron chi connectivity index (χ1n) is 5.52. The van der Waals surface area contributed by atoms with Gasteiger partial charge in [0.2, 0.25) is 0 Å². The molecule has 1 N–H and O–H groups in total. The Bertz CT molecular complexity index is 508. The molecule has 2 fully saturated rings. The molecule has 0 bridgehead atoms. The van der Waals surface area contributed by atoms with E-state index >= 15 is 0 Å². The van der Waals surface area contributed by atoms with Crippen molar-refractivity contribution < 1.29 is 4.79 Å². The molecule has 3 rings (SSSR count). The molecule has 5 heteroatoms. The maximum atomic E-state index is 12.1. The van der Waals surface area contributed by atoms with Crippen LogP contribution < -0.4 is 5.32 Å². The Morgan fingerprint density at radius 2 is 2.12 bits per heavy atom. The Balaban J connectivity index is 1.88. The average Bonchev–Trinajstić information content (AvgIpc) is 3.10. The molecule has 1 amide bonds. The molecule has 1 saturated heterocycles. The monoisotopic (exact) mass is 245 g/mol. The second kappa shape index (κ2) is 3.92. The van der Waals surface area contributed by atoms with Crippen LogP contribution in [0.3, 0.4) is 0 Å². The Morgan fingerprint density at radius 1 is 1.41 bits per heavy atom. The van der Waals surface area contributed by atoms with Gasteiger partial charge in [-0.3, -0.25) is 14.7 Å². The molecular weight excluding hydrogens is 234 g/mol. The van der Waals surface area contributed by atoms with Gasteiger partial charge in [-0.15, -0.1) is 0 Å². The number of carbonyl (C=O) groups excluding carboxylic acids is 1. The lowest BCUT2D eigenvalue weighted by molar-refractivity contribution is -0.122. The third kappa shape index (κ3) is 1.93. The molecule has 17 heavy (non-hydrogen) atoms. The van der Waals surface area contributed by atoms with Crippen LogP contribution in [0, 0.1) is 0 Å². The zero-order valence-electron chi connectivity index (χ0n) is 9.09. The molecule has 4 nitrogen and oxygen atoms in total. The lowest BCUT2D eigenvalue weighted by atomic mass is 10.2. The van der Waals surface area contributed by atoms with E-state index in [0.717, 1.165) is 18.4 Å². The number of aromatic nitrogens is 1. The Labute approximate surface area is 104 Å². The minimum absolute atomic E-state index is 0.0192. The molecule has 2 heterocycles. The molecule has 0 atom stereocenters. The summed E-state index contributed by atoms with van der Waals surface area (Å²) in [5.41, 5.74) is 1.49. The fraction of sp³-hybridized carbons (Fsp3) is 0.250. The summed E-state index contributed by atoms with van der Waals surface area (Å²) in [4.78, 5) is 17.7. The summed E-state index contributed by atoms with van der Waals surface area (Å²) in [5.74, 6) is -0.0192. The van der Waals surface area contributed by atoms with Gasteiger partial charge in [0.15, 0.2) is 5.11 Å². The standard InChI is InChI=1S/C12H11N3OS/c16-11-10(7-8-3-5-13-6-4-8)14-12(17)15(11)9-1-2-9/h3-7,9H,1-2H2,(H,14,17). The second-order valence-electron chi connectivity index (χ2n) is 4.18. The van der Waals surface area contributed by atoms with Gasteiger partial charge in [-0.25, -0.2) is 0 Å². The van der Waals surface area contributed by atoms with E-state index in [9.17, 15) is 4.79 Å². The number of hydrogen-bond acceptors (Lipinski definition) is 3. The van der Waals surface area contributed by atoms with Crippen molar-refractivity contribution in [3.8, 4) is 0 Å². The number of rotatable bonds is 2. The summed E-state index contributed by atoms with van der Waals surface area (Å²) in [6.07, 6.45) is 7.30. The largest absolute Gasteiger partial charge is 0.328 e. The molecule has 1 saturated carbocycles. The number of pyridine rings is 1. The van der Waals surface area contributed by atoms with E-state index in [2.05, 4.69) is 10.3 Å². The predicted octanol–water partition coefficient (Wildman–Crippen LogP) is 1.30. The number of carbonyl (C=O) groups is 1. The van der Waals surface area contributed by atoms with E-state index < -0.39 is 0 Å². The van der Waals surface area contributed by atoms with Crippen molar-refractivity contribution in [3.63, 3.8) is 0 Å². The highest BCUT2D eigenvalue weighted by molar-refractivity contribution is 7.80. The number of hydrogen-bond donors (Lipinski definition) is 1. The minimum atomic E-state index is -0.0192. The quantitative estimate of drug-likeness (QED) is 0.630. The molecule has 1 aromatic rings. The highest BCUT2D eigenvalue weighted by Crippen LogP contribution is 2.30. The van der Waals surface area contributed by atoms with E-state index in [1.807, 2.05) is 12.1 Å². The molecule has 0 spiro atoms. The van der Waals surface area contributed by atoms with Crippen molar-refractivity contribution in [1.82, 2.24) is 15.2 Å². The molecule has 1 aromatic heterocycles. The molecular formula is C12H11N3OS. The van der Waals surface area contributed by atoms with Gasteiger partial charge in [0.05, 0.1) is 0 Å². The lowest BCUT2D eigenvalue weighted by Crippen LogP contribution is -2.32. The molecule has 1 aliphatic heterocycles. The van der Waals surface area contributed by atoms with E-state index in [1.54, 1.807) is 23.4 Å². The summed E-state index contributed by atoms with van der Waals surface area (Å²) in [5, 5.41) is 3.50. The first kappa shape index (κ1) is 10.4. The van der Waals surface area contributed by atoms with Crippen molar-refractivity contribution in [2.45, 2.75) is 18.9 Å². The van der Waals surface area contributed by atoms with Gasteiger partial charge in [0, 0.05) is 18.4 Å². The zero-order valence-corrected chi connectivity index (χ0v) is 9.91. The van der Waals surface area contributed by atoms with Crippen molar-refractivity contribution in [1.29, 1.82) is 0 Å². The molecule has 2 aliphatic rings. The number of amides is 1. The first-order valence-corrected chi connectivity index (χ1v) is 5.93. The van der Waals surface area contributed by atoms with Crippen LogP contribution in [0.2, 0.25) is 0 Å². The van der Waals surface area contributed by atoms with Crippen molar-refractivity contribution in [2.75, 3.05) is 0 Å². The van der Waals surface area contributed by atoms with Crippen LogP contribution in [0.25, 0.3) is 6.08 Å². The molecule has 1 aliphatic carbocycles. The number of nitrogens with zero attached hydrogens (tertiary/aromatic N) is 2. The highest BCUT2D eigenvalue weighted by atomic mass is 32.1. The SMILES string of the molecule is O=C1C(=Cc2ccncc2)NC(=S)N1C1CC1. The van der Waals surface area contributed by atoms with Crippen LogP contribution in [-0.2, 0) is 4.79 Å². The third-order valence-electron chi connectivity index (χ3n) is 2.84. The van der Waals surface area contributed by atoms with Gasteiger partial charge in [0.25, 0.3) is 5.91 Å². The zero-order chi connectivity index (χ0) is 11.8. The van der Waals surface area contributed by atoms with Crippen LogP contribution in [0.4, 0.5) is 0 Å². The smallest absolute Gasteiger partial charge is 0.276 e. The van der Waals surface area contributed by atoms with Gasteiger partial charge < -0.3 is 5.32 Å². The molecule has 86 valence electrons. The predicted molar refractivity (Wildman–Crippen MR) is 67.8 cm³/mol. The number of nitrogens with one attached hydrogen (secondary N) is 1. The Kier molecular flexibility index (Phi) is 2.40. The van der Waals surface area contributed by atoms with Crippen molar-refractivity contribution in [3.05, 3.63) is 35.8 Å². The molecule has 0 radical (unpaired) electrons. The van der Waals surface area contributed by atoms with E-state index in [-0.39, 0.29) is 5.91 Å². The van der Waals surface area contributed by atoms with E-state index in [4.69, 9.17) is 12.2 Å². The van der Waals surface area contributed by atoms with Crippen LogP contribution >= 0.6 is 12.2 Å². The van der Waals surface area contributed by atoms with Gasteiger partial charge >= 0.3 is 0 Å². The summed E-state index contributed by atoms with van der Waals surface area (Å²) >= 11 is 5.17. The van der Waals surface area contributed by atoms with E-state index in [1.165, 1.54) is 0 Å². The second-order valence-corrected chi connectivity index (χ2v) is 4.56. The summed E-state index contributed by atoms with van der Waals surface area (Å²) in [6, 6.07) is 4.01. The molecule has 0 aromatic carbocycles. The fourth-order valence-corrected chi connectivity index (χ4v) is 2.18. The maximum absolute atomic E-state index is 12.1. The van der Waals surface area contributed by atoms with Gasteiger partial charge in [-0.1, -0.05) is 0 Å². The normalized spacial score (nSPS) is 22.1. The number of thiocarbonyl (C=S) groups is 1. The topological polar surface area (TPSA) is 45.2 Å². The third-order valence-corrected chi connectivity index (χ3v) is 3.14. The first-order chi connectivity index (χ1) is 8.25. The van der Waals surface area contributed by atoms with Crippen LogP contribution in [0.5, 0.6) is 0 Å². The van der Waals surface area contributed by atoms with Gasteiger partial charge in [0.1, 0.15) is 5.70 Å². The Hall–Kier alpha value is -1.75. The highest BCUT2D eigenvalue weighted by Gasteiger charge is 2.41. The fourth-order valence-electron chi connectivity index (χ4n) is 1.84. The van der Waals surface area contributed by atoms with Crippen molar-refractivity contribution >= 4 is 29.3 Å². The average molecular weight is 245 g/mol. The summed E-state index contributed by atoms with van der Waals surface area (Å²) < 4.78 is 0. The maximum Gasteiger partial charge on any atom is 0.276 e. The minimum Gasteiger partial charge on any atom is -0.328 e. The van der Waals surface area contributed by atoms with Crippen LogP contribution in [-0.4, -0.2) is 26.9 Å². The van der Waals surface area contributed by atoms with E-state index in [0.29, 0.717) is 16.9 Å². The molecule has 0 unspecified atom stereocenters. The Morgan fingerprint density at radius 3 is 2.76 bits per heavy atom. The van der Waals surface area contributed by atoms with Crippen molar-refractivity contribution in [2.24, 2.45) is 0 Å². The van der Waals surface area contributed by atoms with Gasteiger partial charge in [-0.2, -0.15) is 0 Å². The lowest BCUT2D eigenvalue weighted by Gasteiger charge is -2.11.